The van der Waals surface area contributed by atoms with Crippen molar-refractivity contribution in [3.8, 4) is 0 Å². The Morgan fingerprint density at radius 3 is 2.69 bits per heavy atom. The first-order valence-corrected chi connectivity index (χ1v) is 9.12. The molecule has 26 heavy (non-hydrogen) atoms. The maximum absolute atomic E-state index is 13.9. The number of benzene rings is 1. The summed E-state index contributed by atoms with van der Waals surface area (Å²) in [5.41, 5.74) is 0.476. The molecule has 0 radical (unpaired) electrons. The van der Waals surface area contributed by atoms with E-state index in [9.17, 15) is 8.78 Å². The summed E-state index contributed by atoms with van der Waals surface area (Å²) in [7, 11) is 3.78. The smallest absolute Gasteiger partial charge is 0.191 e. The molecule has 0 aliphatic carbocycles. The minimum atomic E-state index is -0.563. The first kappa shape index (κ1) is 22.3. The molecule has 0 aliphatic heterocycles. The lowest BCUT2D eigenvalue weighted by Gasteiger charge is -2.18. The van der Waals surface area contributed by atoms with Crippen molar-refractivity contribution in [1.29, 1.82) is 0 Å². The lowest BCUT2D eigenvalue weighted by atomic mass is 10.0. The van der Waals surface area contributed by atoms with Gasteiger partial charge in [0, 0.05) is 58.4 Å². The van der Waals surface area contributed by atoms with Gasteiger partial charge in [-0.25, -0.2) is 8.78 Å². The van der Waals surface area contributed by atoms with Crippen LogP contribution in [0.1, 0.15) is 31.7 Å². The van der Waals surface area contributed by atoms with E-state index in [2.05, 4.69) is 27.6 Å². The van der Waals surface area contributed by atoms with Crippen LogP contribution in [0.15, 0.2) is 23.2 Å². The molecule has 1 aromatic rings. The highest BCUT2D eigenvalue weighted by atomic mass is 19.1. The maximum Gasteiger partial charge on any atom is 0.191 e. The van der Waals surface area contributed by atoms with Gasteiger partial charge in [-0.05, 0) is 32.0 Å². The predicted molar refractivity (Wildman–Crippen MR) is 103 cm³/mol. The lowest BCUT2D eigenvalue weighted by Crippen LogP contribution is -2.41. The average molecular weight is 370 g/mol. The molecule has 2 N–H and O–H groups in total. The van der Waals surface area contributed by atoms with Crippen LogP contribution in [-0.4, -0.2) is 64.3 Å². The second-order valence-corrected chi connectivity index (χ2v) is 6.36. The Morgan fingerprint density at radius 1 is 1.27 bits per heavy atom. The van der Waals surface area contributed by atoms with Crippen molar-refractivity contribution < 1.29 is 13.5 Å². The van der Waals surface area contributed by atoms with Crippen LogP contribution in [0.25, 0.3) is 0 Å². The second kappa shape index (κ2) is 12.6. The number of ether oxygens (including phenoxy) is 1. The quantitative estimate of drug-likeness (QED) is 0.357. The summed E-state index contributed by atoms with van der Waals surface area (Å²) >= 11 is 0. The summed E-state index contributed by atoms with van der Waals surface area (Å²) in [5, 5.41) is 6.47. The summed E-state index contributed by atoms with van der Waals surface area (Å²) in [6.45, 7) is 8.43. The summed E-state index contributed by atoms with van der Waals surface area (Å²) in [5.74, 6) is -0.523. The number of rotatable bonds is 11. The summed E-state index contributed by atoms with van der Waals surface area (Å²) in [6.07, 6.45) is 1.00. The van der Waals surface area contributed by atoms with Gasteiger partial charge in [-0.15, -0.1) is 0 Å². The second-order valence-electron chi connectivity index (χ2n) is 6.36. The molecule has 148 valence electrons. The Morgan fingerprint density at radius 2 is 2.04 bits per heavy atom. The van der Waals surface area contributed by atoms with Gasteiger partial charge in [0.05, 0.1) is 0 Å². The molecule has 0 bridgehead atoms. The number of hydrogen-bond acceptors (Lipinski definition) is 3. The van der Waals surface area contributed by atoms with Crippen LogP contribution in [0.2, 0.25) is 0 Å². The van der Waals surface area contributed by atoms with Gasteiger partial charge in [0.1, 0.15) is 11.6 Å². The van der Waals surface area contributed by atoms with Crippen molar-refractivity contribution in [3.63, 3.8) is 0 Å². The molecule has 0 amide bonds. The van der Waals surface area contributed by atoms with Crippen LogP contribution in [0.3, 0.4) is 0 Å². The van der Waals surface area contributed by atoms with E-state index >= 15 is 0 Å². The molecule has 0 fully saturated rings. The molecule has 0 saturated heterocycles. The highest BCUT2D eigenvalue weighted by molar-refractivity contribution is 5.79. The van der Waals surface area contributed by atoms with Gasteiger partial charge < -0.3 is 20.3 Å². The number of hydrogen-bond donors (Lipinski definition) is 2. The van der Waals surface area contributed by atoms with Crippen molar-refractivity contribution in [2.45, 2.75) is 26.2 Å². The fourth-order valence-electron chi connectivity index (χ4n) is 2.53. The van der Waals surface area contributed by atoms with Crippen molar-refractivity contribution >= 4 is 5.96 Å². The largest absolute Gasteiger partial charge is 0.385 e. The standard InChI is InChI=1S/C19H32F2N4O/c1-5-22-19(23-9-11-25(3)10-6-12-26-4)24-14-15(2)17-8-7-16(20)13-18(17)21/h7-8,13,15H,5-6,9-12,14H2,1-4H3,(H2,22,23,24). The molecule has 5 nitrogen and oxygen atoms in total. The van der Waals surface area contributed by atoms with Gasteiger partial charge in [-0.3, -0.25) is 4.99 Å². The third-order valence-electron chi connectivity index (χ3n) is 4.04. The van der Waals surface area contributed by atoms with E-state index in [1.165, 1.54) is 12.1 Å². The zero-order valence-corrected chi connectivity index (χ0v) is 16.3. The predicted octanol–water partition coefficient (Wildman–Crippen LogP) is 2.59. The Bertz CT molecular complexity index is 554. The SMILES string of the molecule is CCNC(=NCC(C)c1ccc(F)cc1F)NCCN(C)CCCOC. The summed E-state index contributed by atoms with van der Waals surface area (Å²) in [4.78, 5) is 6.75. The molecule has 0 aromatic heterocycles. The zero-order chi connectivity index (χ0) is 19.4. The Hall–Kier alpha value is -1.73. The van der Waals surface area contributed by atoms with Gasteiger partial charge >= 0.3 is 0 Å². The molecular weight excluding hydrogens is 338 g/mol. The molecular formula is C19H32F2N4O. The first-order chi connectivity index (χ1) is 12.5. The molecule has 1 atom stereocenters. The number of guanidine groups is 1. The molecule has 7 heteroatoms. The highest BCUT2D eigenvalue weighted by Crippen LogP contribution is 2.20. The van der Waals surface area contributed by atoms with Crippen LogP contribution >= 0.6 is 0 Å². The molecule has 1 unspecified atom stereocenters. The highest BCUT2D eigenvalue weighted by Gasteiger charge is 2.12. The van der Waals surface area contributed by atoms with Crippen molar-refractivity contribution in [2.24, 2.45) is 4.99 Å². The Labute approximate surface area is 155 Å². The number of nitrogens with zero attached hydrogens (tertiary/aromatic N) is 2. The van der Waals surface area contributed by atoms with Gasteiger partial charge in [0.25, 0.3) is 0 Å². The van der Waals surface area contributed by atoms with E-state index in [0.717, 1.165) is 45.3 Å². The minimum Gasteiger partial charge on any atom is -0.385 e. The minimum absolute atomic E-state index is 0.136. The van der Waals surface area contributed by atoms with E-state index in [1.54, 1.807) is 7.11 Å². The third kappa shape index (κ3) is 8.58. The summed E-state index contributed by atoms with van der Waals surface area (Å²) in [6, 6.07) is 3.68. The Kier molecular flexibility index (Phi) is 10.8. The normalized spacial score (nSPS) is 13.1. The molecule has 0 spiro atoms. The number of halogens is 2. The monoisotopic (exact) mass is 370 g/mol. The molecule has 0 heterocycles. The van der Waals surface area contributed by atoms with Gasteiger partial charge in [-0.1, -0.05) is 13.0 Å². The van der Waals surface area contributed by atoms with E-state index in [-0.39, 0.29) is 5.92 Å². The molecule has 0 aliphatic rings. The maximum atomic E-state index is 13.9. The first-order valence-electron chi connectivity index (χ1n) is 9.12. The Balaban J connectivity index is 2.49. The number of aliphatic imine (C=N–C) groups is 1. The van der Waals surface area contributed by atoms with Gasteiger partial charge in [0.15, 0.2) is 5.96 Å². The van der Waals surface area contributed by atoms with Crippen molar-refractivity contribution in [3.05, 3.63) is 35.4 Å². The number of methoxy groups -OCH3 is 1. The van der Waals surface area contributed by atoms with E-state index in [4.69, 9.17) is 4.74 Å². The number of likely N-dealkylation sites (N-methyl/N-ethyl adjacent to an activating group) is 1. The molecule has 1 aromatic carbocycles. The number of nitrogens with one attached hydrogen (secondary N) is 2. The van der Waals surface area contributed by atoms with E-state index in [1.807, 2.05) is 13.8 Å². The zero-order valence-electron chi connectivity index (χ0n) is 16.3. The topological polar surface area (TPSA) is 48.9 Å². The fourth-order valence-corrected chi connectivity index (χ4v) is 2.53. The van der Waals surface area contributed by atoms with Crippen LogP contribution in [-0.2, 0) is 4.74 Å². The van der Waals surface area contributed by atoms with E-state index < -0.39 is 11.6 Å². The van der Waals surface area contributed by atoms with Crippen LogP contribution in [0.5, 0.6) is 0 Å². The fraction of sp³-hybridized carbons (Fsp3) is 0.632. The summed E-state index contributed by atoms with van der Waals surface area (Å²) < 4.78 is 31.9. The van der Waals surface area contributed by atoms with Crippen LogP contribution in [0, 0.1) is 11.6 Å². The van der Waals surface area contributed by atoms with Gasteiger partial charge in [0.2, 0.25) is 0 Å². The van der Waals surface area contributed by atoms with Crippen LogP contribution in [0.4, 0.5) is 8.78 Å². The molecule has 1 rings (SSSR count). The van der Waals surface area contributed by atoms with Gasteiger partial charge in [-0.2, -0.15) is 0 Å². The lowest BCUT2D eigenvalue weighted by molar-refractivity contribution is 0.180. The average Bonchev–Trinajstić information content (AvgIpc) is 2.59. The molecule has 0 saturated carbocycles. The van der Waals surface area contributed by atoms with Crippen molar-refractivity contribution in [2.75, 3.05) is 53.5 Å². The van der Waals surface area contributed by atoms with Crippen molar-refractivity contribution in [1.82, 2.24) is 15.5 Å². The van der Waals surface area contributed by atoms with Crippen LogP contribution < -0.4 is 10.6 Å². The third-order valence-corrected chi connectivity index (χ3v) is 4.04. The van der Waals surface area contributed by atoms with E-state index in [0.29, 0.717) is 18.1 Å².